The summed E-state index contributed by atoms with van der Waals surface area (Å²) in [6.45, 7) is 0. The number of fused-ring (bicyclic) bond motifs is 1. The van der Waals surface area contributed by atoms with E-state index in [0.717, 1.165) is 22.8 Å². The lowest BCUT2D eigenvalue weighted by molar-refractivity contribution is -0.110. The summed E-state index contributed by atoms with van der Waals surface area (Å²) < 4.78 is 17.0. The number of aryl methyl sites for hydroxylation is 1. The summed E-state index contributed by atoms with van der Waals surface area (Å²) in [5.74, 6) is 2.23. The van der Waals surface area contributed by atoms with Crippen LogP contribution in [0, 0.1) is 5.82 Å². The smallest absolute Gasteiger partial charge is 0.228 e. The highest BCUT2D eigenvalue weighted by molar-refractivity contribution is 5.71. The fourth-order valence-corrected chi connectivity index (χ4v) is 4.08. The number of anilines is 3. The molecule has 0 saturated heterocycles. The Labute approximate surface area is 212 Å². The first kappa shape index (κ1) is 23.9. The van der Waals surface area contributed by atoms with Gasteiger partial charge in [0.05, 0.1) is 17.9 Å². The van der Waals surface area contributed by atoms with Gasteiger partial charge in [0.15, 0.2) is 11.5 Å². The van der Waals surface area contributed by atoms with Gasteiger partial charge in [-0.25, -0.2) is 14.4 Å². The molecule has 0 fully saturated rings. The fraction of sp³-hybridized carbons (Fsp3) is 0.200. The topological polar surface area (TPSA) is 118 Å². The predicted molar refractivity (Wildman–Crippen MR) is 137 cm³/mol. The molecule has 0 unspecified atom stereocenters. The summed E-state index contributed by atoms with van der Waals surface area (Å²) in [5.41, 5.74) is 2.97. The largest absolute Gasteiger partial charge is 0.364 e. The molecule has 0 aliphatic rings. The van der Waals surface area contributed by atoms with Crippen LogP contribution in [0.1, 0.15) is 17.4 Å². The van der Waals surface area contributed by atoms with E-state index in [9.17, 15) is 9.18 Å². The number of hydrogen-bond acceptors (Lipinski definition) is 8. The number of hydrogen-bond donors (Lipinski definition) is 2. The highest BCUT2D eigenvalue weighted by Crippen LogP contribution is 2.29. The molecule has 1 aromatic carbocycles. The van der Waals surface area contributed by atoms with Crippen molar-refractivity contribution in [2.75, 3.05) is 24.3 Å². The van der Waals surface area contributed by atoms with Gasteiger partial charge in [-0.1, -0.05) is 12.1 Å². The van der Waals surface area contributed by atoms with E-state index in [1.165, 1.54) is 12.1 Å². The zero-order valence-electron chi connectivity index (χ0n) is 20.5. The molecule has 1 amide bonds. The van der Waals surface area contributed by atoms with Crippen molar-refractivity contribution in [1.29, 1.82) is 0 Å². The van der Waals surface area contributed by atoms with Crippen LogP contribution in [-0.4, -0.2) is 54.9 Å². The molecule has 188 valence electrons. The van der Waals surface area contributed by atoms with Gasteiger partial charge in [0.25, 0.3) is 0 Å². The van der Waals surface area contributed by atoms with Crippen molar-refractivity contribution in [2.45, 2.75) is 12.5 Å². The lowest BCUT2D eigenvalue weighted by atomic mass is 10.1. The third kappa shape index (κ3) is 4.94. The van der Waals surface area contributed by atoms with E-state index in [0.29, 0.717) is 35.9 Å². The second-order valence-corrected chi connectivity index (χ2v) is 8.65. The molecule has 4 aromatic heterocycles. The average Bonchev–Trinajstić information content (AvgIpc) is 3.50. The molecule has 11 nitrogen and oxygen atoms in total. The summed E-state index contributed by atoms with van der Waals surface area (Å²) in [6, 6.07) is 13.2. The van der Waals surface area contributed by atoms with E-state index in [1.807, 2.05) is 54.7 Å². The van der Waals surface area contributed by atoms with Crippen molar-refractivity contribution < 1.29 is 9.18 Å². The predicted octanol–water partition coefficient (Wildman–Crippen LogP) is 2.90. The van der Waals surface area contributed by atoms with Gasteiger partial charge in [-0.3, -0.25) is 13.9 Å². The van der Waals surface area contributed by atoms with Crippen molar-refractivity contribution in [2.24, 2.45) is 7.05 Å². The zero-order chi connectivity index (χ0) is 25.9. The number of rotatable bonds is 9. The van der Waals surface area contributed by atoms with Crippen molar-refractivity contribution in [1.82, 2.24) is 39.7 Å². The number of carbonyl (C=O) groups excluding carboxylic acids is 1. The van der Waals surface area contributed by atoms with E-state index in [1.54, 1.807) is 29.2 Å². The molecule has 4 heterocycles. The van der Waals surface area contributed by atoms with Crippen LogP contribution in [0.3, 0.4) is 0 Å². The minimum Gasteiger partial charge on any atom is -0.364 e. The number of halogens is 1. The van der Waals surface area contributed by atoms with E-state index in [4.69, 9.17) is 0 Å². The molecule has 0 saturated carbocycles. The number of benzene rings is 1. The Hall–Kier alpha value is -4.87. The highest BCUT2D eigenvalue weighted by Gasteiger charge is 2.22. The molecular formula is C25H25FN10O. The van der Waals surface area contributed by atoms with E-state index < -0.39 is 6.04 Å². The average molecular weight is 501 g/mol. The molecule has 37 heavy (non-hydrogen) atoms. The summed E-state index contributed by atoms with van der Waals surface area (Å²) in [7, 11) is 5.66. The van der Waals surface area contributed by atoms with Gasteiger partial charge >= 0.3 is 0 Å². The minimum absolute atomic E-state index is 0.317. The number of carbonyl (C=O) groups is 1. The van der Waals surface area contributed by atoms with Crippen molar-refractivity contribution in [3.8, 4) is 11.3 Å². The summed E-state index contributed by atoms with van der Waals surface area (Å²) in [6.07, 6.45) is 4.43. The van der Waals surface area contributed by atoms with Crippen LogP contribution in [0.25, 0.3) is 16.9 Å². The fourth-order valence-electron chi connectivity index (χ4n) is 4.08. The Kier molecular flexibility index (Phi) is 6.45. The molecule has 5 aromatic rings. The Balaban J connectivity index is 1.54. The molecule has 1 atom stereocenters. The second kappa shape index (κ2) is 10.0. The number of pyridine rings is 1. The van der Waals surface area contributed by atoms with Gasteiger partial charge in [-0.15, -0.1) is 10.2 Å². The van der Waals surface area contributed by atoms with E-state index in [-0.39, 0.29) is 5.82 Å². The minimum atomic E-state index is -0.476. The molecule has 0 bridgehead atoms. The van der Waals surface area contributed by atoms with Gasteiger partial charge in [-0.2, -0.15) is 5.10 Å². The van der Waals surface area contributed by atoms with Crippen LogP contribution in [0.2, 0.25) is 0 Å². The quantitative estimate of drug-likeness (QED) is 0.297. The molecule has 0 aliphatic heterocycles. The number of aromatic nitrogens is 7. The van der Waals surface area contributed by atoms with E-state index in [2.05, 4.69) is 35.9 Å². The number of nitrogens with zero attached hydrogens (tertiary/aromatic N) is 8. The second-order valence-electron chi connectivity index (χ2n) is 8.65. The Morgan fingerprint density at radius 3 is 2.59 bits per heavy atom. The molecule has 5 rings (SSSR count). The van der Waals surface area contributed by atoms with E-state index >= 15 is 0 Å². The normalized spacial score (nSPS) is 11.9. The molecule has 0 radical (unpaired) electrons. The zero-order valence-corrected chi connectivity index (χ0v) is 20.5. The first-order chi connectivity index (χ1) is 17.9. The van der Waals surface area contributed by atoms with Crippen LogP contribution in [0.5, 0.6) is 0 Å². The Morgan fingerprint density at radius 2 is 1.89 bits per heavy atom. The van der Waals surface area contributed by atoms with Gasteiger partial charge in [0, 0.05) is 39.0 Å². The lowest BCUT2D eigenvalue weighted by Gasteiger charge is -2.20. The maximum Gasteiger partial charge on any atom is 0.228 e. The van der Waals surface area contributed by atoms with Crippen LogP contribution in [-0.2, 0) is 18.3 Å². The van der Waals surface area contributed by atoms with Crippen molar-refractivity contribution in [3.63, 3.8) is 0 Å². The monoisotopic (exact) mass is 500 g/mol. The van der Waals surface area contributed by atoms with Crippen LogP contribution >= 0.6 is 0 Å². The van der Waals surface area contributed by atoms with Crippen LogP contribution in [0.4, 0.5) is 22.0 Å². The van der Waals surface area contributed by atoms with Gasteiger partial charge in [-0.05, 0) is 42.3 Å². The third-order valence-electron chi connectivity index (χ3n) is 5.92. The third-order valence-corrected chi connectivity index (χ3v) is 5.92. The highest BCUT2D eigenvalue weighted by atomic mass is 19.1. The molecule has 12 heteroatoms. The molecule has 2 N–H and O–H groups in total. The molecule has 0 spiro atoms. The van der Waals surface area contributed by atoms with Crippen molar-refractivity contribution in [3.05, 3.63) is 78.1 Å². The maximum absolute atomic E-state index is 13.4. The van der Waals surface area contributed by atoms with Crippen LogP contribution < -0.4 is 15.5 Å². The Morgan fingerprint density at radius 1 is 1.08 bits per heavy atom. The van der Waals surface area contributed by atoms with Crippen molar-refractivity contribution >= 4 is 29.6 Å². The molecule has 0 aliphatic carbocycles. The first-order valence-corrected chi connectivity index (χ1v) is 11.5. The standard InChI is InChI=1S/C25H25FN10O/c1-34(2)23-14-17(19-8-10-27-25(30-19)31-21-9-11-29-35(21)3)13-22-32-33-24(36(22)23)20(28-15-37)12-16-4-6-18(26)7-5-16/h4-11,13-15,20H,12H2,1-3H3,(H,28,37)(H,27,30,31)/t20-/m1/s1. The summed E-state index contributed by atoms with van der Waals surface area (Å²) >= 11 is 0. The van der Waals surface area contributed by atoms with Gasteiger partial charge in [0.2, 0.25) is 12.4 Å². The SMILES string of the molecule is CN(C)c1cc(-c2ccnc(Nc3ccnn3C)n2)cc2nnc([C@@H](Cc3ccc(F)cc3)NC=O)n12. The van der Waals surface area contributed by atoms with Crippen LogP contribution in [0.15, 0.2) is 60.9 Å². The molecular weight excluding hydrogens is 475 g/mol. The first-order valence-electron chi connectivity index (χ1n) is 11.5. The maximum atomic E-state index is 13.4. The summed E-state index contributed by atoms with van der Waals surface area (Å²) in [5, 5.41) is 19.0. The lowest BCUT2D eigenvalue weighted by Crippen LogP contribution is -2.25. The van der Waals surface area contributed by atoms with Gasteiger partial charge < -0.3 is 15.5 Å². The van der Waals surface area contributed by atoms with Gasteiger partial charge in [0.1, 0.15) is 17.5 Å². The Bertz CT molecular complexity index is 1540. The number of nitrogens with one attached hydrogen (secondary N) is 2. The summed E-state index contributed by atoms with van der Waals surface area (Å²) in [4.78, 5) is 22.4. The number of amides is 1.